The molecule has 0 aromatic carbocycles. The van der Waals surface area contributed by atoms with Crippen LogP contribution in [0.3, 0.4) is 0 Å². The lowest BCUT2D eigenvalue weighted by Gasteiger charge is -1.96. The summed E-state index contributed by atoms with van der Waals surface area (Å²) in [5.74, 6) is 0. The second-order valence-corrected chi connectivity index (χ2v) is 2.36. The van der Waals surface area contributed by atoms with Crippen molar-refractivity contribution in [2.75, 3.05) is 13.6 Å². The van der Waals surface area contributed by atoms with E-state index >= 15 is 0 Å². The second-order valence-electron chi connectivity index (χ2n) is 2.36. The number of rotatable bonds is 4. The normalized spacial score (nSPS) is 9.08. The maximum absolute atomic E-state index is 3.94. The van der Waals surface area contributed by atoms with E-state index in [0.29, 0.717) is 0 Å². The molecule has 0 spiro atoms. The SMILES string of the molecule is CN=C=NCCCn1ccnc1. The Bertz CT molecular complexity index is 257. The molecule has 0 aliphatic rings. The molecule has 4 nitrogen and oxygen atoms in total. The highest BCUT2D eigenvalue weighted by atomic mass is 15.0. The molecule has 0 saturated heterocycles. The van der Waals surface area contributed by atoms with E-state index in [0.717, 1.165) is 19.5 Å². The van der Waals surface area contributed by atoms with Crippen molar-refractivity contribution in [1.82, 2.24) is 9.55 Å². The predicted molar refractivity (Wildman–Crippen MR) is 47.5 cm³/mol. The molecule has 0 atom stereocenters. The van der Waals surface area contributed by atoms with Gasteiger partial charge in [-0.05, 0) is 6.42 Å². The van der Waals surface area contributed by atoms with Crippen LogP contribution in [-0.4, -0.2) is 29.2 Å². The van der Waals surface area contributed by atoms with Crippen molar-refractivity contribution in [3.63, 3.8) is 0 Å². The minimum atomic E-state index is 0.773. The fourth-order valence-corrected chi connectivity index (χ4v) is 0.872. The molecule has 1 aromatic rings. The number of hydrogen-bond acceptors (Lipinski definition) is 3. The smallest absolute Gasteiger partial charge is 0.0945 e. The maximum Gasteiger partial charge on any atom is 0.0945 e. The van der Waals surface area contributed by atoms with Gasteiger partial charge in [0.1, 0.15) is 0 Å². The largest absolute Gasteiger partial charge is 0.337 e. The van der Waals surface area contributed by atoms with Crippen LogP contribution in [0.2, 0.25) is 0 Å². The van der Waals surface area contributed by atoms with Crippen LogP contribution < -0.4 is 0 Å². The Balaban J connectivity index is 2.15. The summed E-state index contributed by atoms with van der Waals surface area (Å²) >= 11 is 0. The summed E-state index contributed by atoms with van der Waals surface area (Å²) in [5.41, 5.74) is 0. The lowest BCUT2D eigenvalue weighted by atomic mass is 10.4. The number of nitrogens with zero attached hydrogens (tertiary/aromatic N) is 4. The average molecular weight is 164 g/mol. The zero-order valence-electron chi connectivity index (χ0n) is 7.14. The van der Waals surface area contributed by atoms with Gasteiger partial charge in [-0.15, -0.1) is 0 Å². The van der Waals surface area contributed by atoms with E-state index in [1.165, 1.54) is 0 Å². The monoisotopic (exact) mass is 164 g/mol. The van der Waals surface area contributed by atoms with E-state index in [9.17, 15) is 0 Å². The van der Waals surface area contributed by atoms with Gasteiger partial charge in [-0.2, -0.15) is 0 Å². The molecule has 64 valence electrons. The van der Waals surface area contributed by atoms with E-state index < -0.39 is 0 Å². The highest BCUT2D eigenvalue weighted by molar-refractivity contribution is 5.40. The third kappa shape index (κ3) is 3.12. The zero-order valence-corrected chi connectivity index (χ0v) is 7.14. The Labute approximate surface area is 71.7 Å². The molecule has 0 radical (unpaired) electrons. The van der Waals surface area contributed by atoms with Gasteiger partial charge in [0.15, 0.2) is 0 Å². The molecule has 0 fully saturated rings. The third-order valence-corrected chi connectivity index (χ3v) is 1.42. The van der Waals surface area contributed by atoms with Crippen molar-refractivity contribution >= 4 is 6.01 Å². The van der Waals surface area contributed by atoms with Gasteiger partial charge < -0.3 is 4.57 Å². The lowest BCUT2D eigenvalue weighted by Crippen LogP contribution is -1.95. The van der Waals surface area contributed by atoms with Crippen LogP contribution in [0.25, 0.3) is 0 Å². The predicted octanol–water partition coefficient (Wildman–Crippen LogP) is 1.08. The molecule has 0 N–H and O–H groups in total. The van der Waals surface area contributed by atoms with E-state index in [1.54, 1.807) is 19.6 Å². The van der Waals surface area contributed by atoms with Crippen molar-refractivity contribution in [3.05, 3.63) is 18.7 Å². The molecule has 1 rings (SSSR count). The summed E-state index contributed by atoms with van der Waals surface area (Å²) < 4.78 is 2.03. The summed E-state index contributed by atoms with van der Waals surface area (Å²) in [7, 11) is 1.67. The summed E-state index contributed by atoms with van der Waals surface area (Å²) in [6, 6.07) is 2.55. The van der Waals surface area contributed by atoms with Gasteiger partial charge in [-0.25, -0.2) is 15.0 Å². The van der Waals surface area contributed by atoms with Gasteiger partial charge in [0.05, 0.1) is 18.9 Å². The summed E-state index contributed by atoms with van der Waals surface area (Å²) in [4.78, 5) is 11.5. The molecule has 0 aliphatic heterocycles. The molecule has 0 aliphatic carbocycles. The Morgan fingerprint density at radius 1 is 1.58 bits per heavy atom. The first kappa shape index (κ1) is 8.68. The van der Waals surface area contributed by atoms with E-state index in [2.05, 4.69) is 21.0 Å². The third-order valence-electron chi connectivity index (χ3n) is 1.42. The molecule has 12 heavy (non-hydrogen) atoms. The number of aromatic nitrogens is 2. The molecule has 0 saturated carbocycles. The van der Waals surface area contributed by atoms with Crippen LogP contribution in [0, 0.1) is 0 Å². The second kappa shape index (κ2) is 5.27. The highest BCUT2D eigenvalue weighted by Crippen LogP contribution is 1.89. The van der Waals surface area contributed by atoms with Crippen molar-refractivity contribution in [1.29, 1.82) is 0 Å². The molecule has 1 aromatic heterocycles. The first-order valence-electron chi connectivity index (χ1n) is 3.89. The van der Waals surface area contributed by atoms with Gasteiger partial charge in [0.25, 0.3) is 0 Å². The van der Waals surface area contributed by atoms with Crippen LogP contribution in [0.15, 0.2) is 28.7 Å². The standard InChI is InChI=1S/C8H12N4/c1-9-7-10-3-2-5-12-6-4-11-8-12/h4,6,8H,2-3,5H2,1H3. The summed E-state index contributed by atoms with van der Waals surface area (Å²) in [6.07, 6.45) is 6.52. The van der Waals surface area contributed by atoms with Crippen LogP contribution in [0.1, 0.15) is 6.42 Å². The molecule has 0 amide bonds. The van der Waals surface area contributed by atoms with Crippen molar-refractivity contribution in [2.45, 2.75) is 13.0 Å². The van der Waals surface area contributed by atoms with Gasteiger partial charge >= 0.3 is 0 Å². The molecule has 4 heteroatoms. The Hall–Kier alpha value is -1.41. The van der Waals surface area contributed by atoms with Crippen LogP contribution in [0.4, 0.5) is 0 Å². The summed E-state index contributed by atoms with van der Waals surface area (Å²) in [6.45, 7) is 1.73. The number of hydrogen-bond donors (Lipinski definition) is 0. The van der Waals surface area contributed by atoms with Gasteiger partial charge in [0, 0.05) is 26.0 Å². The average Bonchev–Trinajstić information content (AvgIpc) is 2.57. The van der Waals surface area contributed by atoms with E-state index in [4.69, 9.17) is 0 Å². The number of aryl methyl sites for hydroxylation is 1. The maximum atomic E-state index is 3.94. The molecule has 0 bridgehead atoms. The van der Waals surface area contributed by atoms with Gasteiger partial charge in [-0.1, -0.05) is 0 Å². The molecule has 0 unspecified atom stereocenters. The Kier molecular flexibility index (Phi) is 3.81. The fourth-order valence-electron chi connectivity index (χ4n) is 0.872. The minimum Gasteiger partial charge on any atom is -0.337 e. The van der Waals surface area contributed by atoms with Crippen LogP contribution in [-0.2, 0) is 6.54 Å². The first-order chi connectivity index (χ1) is 5.93. The van der Waals surface area contributed by atoms with E-state index in [1.807, 2.05) is 10.8 Å². The quantitative estimate of drug-likeness (QED) is 0.485. The molecular weight excluding hydrogens is 152 g/mol. The first-order valence-corrected chi connectivity index (χ1v) is 3.89. The van der Waals surface area contributed by atoms with E-state index in [-0.39, 0.29) is 0 Å². The molecule has 1 heterocycles. The summed E-state index contributed by atoms with van der Waals surface area (Å²) in [5, 5.41) is 0. The van der Waals surface area contributed by atoms with Gasteiger partial charge in [-0.3, -0.25) is 0 Å². The van der Waals surface area contributed by atoms with Crippen molar-refractivity contribution in [2.24, 2.45) is 9.98 Å². The lowest BCUT2D eigenvalue weighted by molar-refractivity contribution is 0.651. The van der Waals surface area contributed by atoms with Crippen molar-refractivity contribution < 1.29 is 0 Å². The molecular formula is C8H12N4. The Morgan fingerprint density at radius 2 is 2.50 bits per heavy atom. The topological polar surface area (TPSA) is 42.5 Å². The number of aliphatic imine (C=N–C) groups is 2. The van der Waals surface area contributed by atoms with Crippen LogP contribution in [0.5, 0.6) is 0 Å². The zero-order chi connectivity index (χ0) is 8.65. The fraction of sp³-hybridized carbons (Fsp3) is 0.500. The van der Waals surface area contributed by atoms with Crippen LogP contribution >= 0.6 is 0 Å². The van der Waals surface area contributed by atoms with Gasteiger partial charge in [0.2, 0.25) is 0 Å². The Morgan fingerprint density at radius 3 is 3.17 bits per heavy atom. The number of imidazole rings is 1. The highest BCUT2D eigenvalue weighted by Gasteiger charge is 1.87. The van der Waals surface area contributed by atoms with Crippen molar-refractivity contribution in [3.8, 4) is 0 Å². The minimum absolute atomic E-state index is 0.773.